The van der Waals surface area contributed by atoms with E-state index in [-0.39, 0.29) is 18.1 Å². The van der Waals surface area contributed by atoms with Crippen LogP contribution in [0.3, 0.4) is 0 Å². The first-order chi connectivity index (χ1) is 9.49. The van der Waals surface area contributed by atoms with E-state index in [2.05, 4.69) is 15.2 Å². The van der Waals surface area contributed by atoms with Crippen molar-refractivity contribution in [2.24, 2.45) is 0 Å². The molecule has 0 aliphatic carbocycles. The molecule has 1 aromatic heterocycles. The van der Waals surface area contributed by atoms with Crippen LogP contribution in [0.4, 0.5) is 5.69 Å². The molecule has 0 saturated heterocycles. The van der Waals surface area contributed by atoms with Gasteiger partial charge in [-0.1, -0.05) is 0 Å². The Labute approximate surface area is 114 Å². The molecule has 104 valence electrons. The van der Waals surface area contributed by atoms with Crippen molar-refractivity contribution in [2.45, 2.75) is 13.5 Å². The Morgan fingerprint density at radius 2 is 2.25 bits per heavy atom. The van der Waals surface area contributed by atoms with Crippen LogP contribution in [-0.4, -0.2) is 38.0 Å². The van der Waals surface area contributed by atoms with Crippen LogP contribution < -0.4 is 0 Å². The number of nitrogens with one attached hydrogen (secondary N) is 1. The number of aromatic amines is 1. The molecule has 1 aromatic carbocycles. The van der Waals surface area contributed by atoms with Gasteiger partial charge in [0.25, 0.3) is 11.6 Å². The minimum atomic E-state index is -0.487. The number of nitrogens with zero attached hydrogens (tertiary/aromatic N) is 4. The van der Waals surface area contributed by atoms with Gasteiger partial charge in [-0.2, -0.15) is 5.10 Å². The van der Waals surface area contributed by atoms with E-state index in [9.17, 15) is 14.9 Å². The van der Waals surface area contributed by atoms with Crippen molar-refractivity contribution in [3.63, 3.8) is 0 Å². The summed E-state index contributed by atoms with van der Waals surface area (Å²) in [4.78, 5) is 27.9. The van der Waals surface area contributed by atoms with Gasteiger partial charge in [-0.25, -0.2) is 4.98 Å². The van der Waals surface area contributed by atoms with Gasteiger partial charge in [0.1, 0.15) is 12.2 Å². The number of H-pyrrole nitrogens is 1. The number of rotatable bonds is 4. The second-order valence-corrected chi connectivity index (χ2v) is 4.35. The first-order valence-corrected chi connectivity index (χ1v) is 5.84. The van der Waals surface area contributed by atoms with E-state index in [4.69, 9.17) is 0 Å². The SMILES string of the molecule is Cc1cc([N+](=O)[O-])ccc1C(=O)N(C)Cc1ncn[nH]1. The van der Waals surface area contributed by atoms with Gasteiger partial charge < -0.3 is 4.90 Å². The smallest absolute Gasteiger partial charge is 0.269 e. The van der Waals surface area contributed by atoms with E-state index in [1.54, 1.807) is 14.0 Å². The van der Waals surface area contributed by atoms with E-state index in [1.807, 2.05) is 0 Å². The van der Waals surface area contributed by atoms with Crippen molar-refractivity contribution in [3.8, 4) is 0 Å². The molecule has 0 spiro atoms. The normalized spacial score (nSPS) is 10.3. The van der Waals surface area contributed by atoms with Gasteiger partial charge in [-0.15, -0.1) is 0 Å². The lowest BCUT2D eigenvalue weighted by Gasteiger charge is -2.16. The average molecular weight is 275 g/mol. The molecule has 0 aliphatic rings. The number of carbonyl (C=O) groups is 1. The van der Waals surface area contributed by atoms with Gasteiger partial charge in [0.05, 0.1) is 11.5 Å². The molecule has 1 heterocycles. The third-order valence-electron chi connectivity index (χ3n) is 2.85. The minimum Gasteiger partial charge on any atom is -0.334 e. The van der Waals surface area contributed by atoms with Crippen LogP contribution in [0.2, 0.25) is 0 Å². The Hall–Kier alpha value is -2.77. The quantitative estimate of drug-likeness (QED) is 0.668. The molecule has 0 fully saturated rings. The Bertz CT molecular complexity index is 639. The molecule has 2 rings (SSSR count). The number of nitro benzene ring substituents is 1. The van der Waals surface area contributed by atoms with Crippen molar-refractivity contribution in [2.75, 3.05) is 7.05 Å². The molecule has 0 aliphatic heterocycles. The number of aryl methyl sites for hydroxylation is 1. The fourth-order valence-corrected chi connectivity index (χ4v) is 1.81. The molecule has 8 nitrogen and oxygen atoms in total. The summed E-state index contributed by atoms with van der Waals surface area (Å²) in [5.74, 6) is 0.342. The van der Waals surface area contributed by atoms with Crippen molar-refractivity contribution in [1.29, 1.82) is 0 Å². The minimum absolute atomic E-state index is 0.0306. The summed E-state index contributed by atoms with van der Waals surface area (Å²) < 4.78 is 0. The van der Waals surface area contributed by atoms with Gasteiger partial charge >= 0.3 is 0 Å². The number of hydrogen-bond donors (Lipinski definition) is 1. The topological polar surface area (TPSA) is 105 Å². The predicted octanol–water partition coefficient (Wildman–Crippen LogP) is 1.29. The highest BCUT2D eigenvalue weighted by molar-refractivity contribution is 5.95. The number of aromatic nitrogens is 3. The van der Waals surface area contributed by atoms with E-state index >= 15 is 0 Å². The zero-order chi connectivity index (χ0) is 14.7. The number of carbonyl (C=O) groups excluding carboxylic acids is 1. The summed E-state index contributed by atoms with van der Waals surface area (Å²) in [5.41, 5.74) is 0.961. The number of nitro groups is 1. The fraction of sp³-hybridized carbons (Fsp3) is 0.250. The molecule has 0 radical (unpaired) electrons. The van der Waals surface area contributed by atoms with Crippen LogP contribution in [0.1, 0.15) is 21.7 Å². The molecular formula is C12H13N5O3. The van der Waals surface area contributed by atoms with Crippen molar-refractivity contribution in [1.82, 2.24) is 20.1 Å². The van der Waals surface area contributed by atoms with Crippen LogP contribution >= 0.6 is 0 Å². The second-order valence-electron chi connectivity index (χ2n) is 4.35. The van der Waals surface area contributed by atoms with Crippen LogP contribution in [0.25, 0.3) is 0 Å². The lowest BCUT2D eigenvalue weighted by Crippen LogP contribution is -2.27. The van der Waals surface area contributed by atoms with Gasteiger partial charge in [0.15, 0.2) is 0 Å². The second kappa shape index (κ2) is 5.47. The largest absolute Gasteiger partial charge is 0.334 e. The third-order valence-corrected chi connectivity index (χ3v) is 2.85. The van der Waals surface area contributed by atoms with Gasteiger partial charge in [-0.3, -0.25) is 20.0 Å². The van der Waals surface area contributed by atoms with E-state index in [1.165, 1.54) is 29.4 Å². The first-order valence-electron chi connectivity index (χ1n) is 5.84. The number of amides is 1. The van der Waals surface area contributed by atoms with Gasteiger partial charge in [0.2, 0.25) is 0 Å². The molecule has 1 N–H and O–H groups in total. The van der Waals surface area contributed by atoms with E-state index < -0.39 is 4.92 Å². The maximum Gasteiger partial charge on any atom is 0.269 e. The van der Waals surface area contributed by atoms with Crippen LogP contribution in [0.15, 0.2) is 24.5 Å². The standard InChI is InChI=1S/C12H13N5O3/c1-8-5-9(17(19)20)3-4-10(8)12(18)16(2)6-11-13-7-14-15-11/h3-5,7H,6H2,1-2H3,(H,13,14,15). The summed E-state index contributed by atoms with van der Waals surface area (Å²) >= 11 is 0. The molecule has 0 saturated carbocycles. The van der Waals surface area contributed by atoms with Crippen LogP contribution in [0.5, 0.6) is 0 Å². The molecule has 0 unspecified atom stereocenters. The van der Waals surface area contributed by atoms with Gasteiger partial charge in [-0.05, 0) is 18.6 Å². The average Bonchev–Trinajstić information content (AvgIpc) is 2.90. The number of hydrogen-bond acceptors (Lipinski definition) is 5. The van der Waals surface area contributed by atoms with Crippen molar-refractivity contribution in [3.05, 3.63) is 51.6 Å². The molecule has 20 heavy (non-hydrogen) atoms. The first kappa shape index (κ1) is 13.7. The molecule has 2 aromatic rings. The maximum absolute atomic E-state index is 12.3. The number of benzene rings is 1. The van der Waals surface area contributed by atoms with Crippen molar-refractivity contribution >= 4 is 11.6 Å². The lowest BCUT2D eigenvalue weighted by atomic mass is 10.1. The number of non-ortho nitro benzene ring substituents is 1. The fourth-order valence-electron chi connectivity index (χ4n) is 1.81. The van der Waals surface area contributed by atoms with Crippen LogP contribution in [-0.2, 0) is 6.54 Å². The summed E-state index contributed by atoms with van der Waals surface area (Å²) in [7, 11) is 1.63. The highest BCUT2D eigenvalue weighted by Gasteiger charge is 2.17. The van der Waals surface area contributed by atoms with E-state index in [0.29, 0.717) is 17.0 Å². The Balaban J connectivity index is 2.18. The van der Waals surface area contributed by atoms with Crippen LogP contribution in [0, 0.1) is 17.0 Å². The maximum atomic E-state index is 12.3. The Morgan fingerprint density at radius 1 is 1.50 bits per heavy atom. The zero-order valence-electron chi connectivity index (χ0n) is 11.0. The highest BCUT2D eigenvalue weighted by atomic mass is 16.6. The molecular weight excluding hydrogens is 262 g/mol. The zero-order valence-corrected chi connectivity index (χ0v) is 11.0. The molecule has 0 atom stereocenters. The van der Waals surface area contributed by atoms with Crippen molar-refractivity contribution < 1.29 is 9.72 Å². The van der Waals surface area contributed by atoms with Gasteiger partial charge in [0, 0.05) is 24.7 Å². The summed E-state index contributed by atoms with van der Waals surface area (Å²) in [6, 6.07) is 4.17. The molecule has 0 bridgehead atoms. The molecule has 8 heteroatoms. The Kier molecular flexibility index (Phi) is 3.74. The monoisotopic (exact) mass is 275 g/mol. The Morgan fingerprint density at radius 3 is 2.80 bits per heavy atom. The summed E-state index contributed by atoms with van der Waals surface area (Å²) in [5, 5.41) is 17.0. The van der Waals surface area contributed by atoms with E-state index in [0.717, 1.165) is 0 Å². The lowest BCUT2D eigenvalue weighted by molar-refractivity contribution is -0.384. The third kappa shape index (κ3) is 2.79. The predicted molar refractivity (Wildman–Crippen MR) is 70.0 cm³/mol. The highest BCUT2D eigenvalue weighted by Crippen LogP contribution is 2.18. The summed E-state index contributed by atoms with van der Waals surface area (Å²) in [6.07, 6.45) is 1.37. The molecule has 1 amide bonds. The summed E-state index contributed by atoms with van der Waals surface area (Å²) in [6.45, 7) is 1.96.